The fourth-order valence-corrected chi connectivity index (χ4v) is 2.94. The van der Waals surface area contributed by atoms with E-state index in [9.17, 15) is 9.90 Å². The Hall–Kier alpha value is -2.53. The molecule has 1 heterocycles. The maximum Gasteiger partial charge on any atom is 0.357 e. The lowest BCUT2D eigenvalue weighted by atomic mass is 10.1. The van der Waals surface area contributed by atoms with Crippen molar-refractivity contribution in [3.05, 3.63) is 58.2 Å². The van der Waals surface area contributed by atoms with Gasteiger partial charge in [0.15, 0.2) is 5.69 Å². The van der Waals surface area contributed by atoms with Crippen molar-refractivity contribution in [1.29, 1.82) is 0 Å². The van der Waals surface area contributed by atoms with Gasteiger partial charge >= 0.3 is 5.97 Å². The maximum absolute atomic E-state index is 11.5. The average molecular weight is 344 g/mol. The van der Waals surface area contributed by atoms with Crippen LogP contribution in [0.15, 0.2) is 36.4 Å². The highest BCUT2D eigenvalue weighted by molar-refractivity contribution is 6.30. The van der Waals surface area contributed by atoms with Gasteiger partial charge in [0, 0.05) is 30.2 Å². The molecule has 0 amide bonds. The van der Waals surface area contributed by atoms with E-state index < -0.39 is 5.97 Å². The molecule has 0 aliphatic heterocycles. The molecule has 0 atom stereocenters. The highest BCUT2D eigenvalue weighted by Crippen LogP contribution is 2.25. The zero-order valence-corrected chi connectivity index (χ0v) is 14.5. The molecule has 0 spiro atoms. The third-order valence-electron chi connectivity index (χ3n) is 4.08. The number of fused-ring (bicyclic) bond motifs is 1. The van der Waals surface area contributed by atoms with E-state index in [1.165, 1.54) is 0 Å². The van der Waals surface area contributed by atoms with Crippen molar-refractivity contribution < 1.29 is 9.90 Å². The molecule has 6 heteroatoms. The van der Waals surface area contributed by atoms with Crippen LogP contribution in [0.3, 0.4) is 0 Å². The lowest BCUT2D eigenvalue weighted by Gasteiger charge is -2.13. The largest absolute Gasteiger partial charge is 0.476 e. The summed E-state index contributed by atoms with van der Waals surface area (Å²) in [6.45, 7) is 2.47. The second kappa shape index (κ2) is 6.17. The number of nitrogens with zero attached hydrogens (tertiary/aromatic N) is 3. The summed E-state index contributed by atoms with van der Waals surface area (Å²) < 4.78 is 1.74. The van der Waals surface area contributed by atoms with Crippen molar-refractivity contribution in [3.63, 3.8) is 0 Å². The summed E-state index contributed by atoms with van der Waals surface area (Å²) >= 11 is 6.01. The number of carboxylic acids is 1. The minimum atomic E-state index is -1.02. The molecule has 3 aromatic rings. The molecule has 2 aromatic carbocycles. The molecule has 5 nitrogen and oxygen atoms in total. The van der Waals surface area contributed by atoms with E-state index in [2.05, 4.69) is 5.10 Å². The van der Waals surface area contributed by atoms with E-state index in [0.29, 0.717) is 17.0 Å². The van der Waals surface area contributed by atoms with E-state index in [4.69, 9.17) is 11.6 Å². The smallest absolute Gasteiger partial charge is 0.357 e. The molecule has 1 N–H and O–H groups in total. The molecule has 0 saturated carbocycles. The number of aromatic carboxylic acids is 1. The van der Waals surface area contributed by atoms with E-state index in [-0.39, 0.29) is 5.69 Å². The average Bonchev–Trinajstić information content (AvgIpc) is 2.88. The first-order valence-electron chi connectivity index (χ1n) is 7.53. The molecule has 3 rings (SSSR count). The van der Waals surface area contributed by atoms with Crippen LogP contribution < -0.4 is 4.90 Å². The van der Waals surface area contributed by atoms with Crippen molar-refractivity contribution in [2.45, 2.75) is 13.5 Å². The Balaban J connectivity index is 2.15. The highest BCUT2D eigenvalue weighted by Gasteiger charge is 2.17. The minimum Gasteiger partial charge on any atom is -0.476 e. The van der Waals surface area contributed by atoms with E-state index in [0.717, 1.165) is 22.3 Å². The molecule has 0 saturated heterocycles. The highest BCUT2D eigenvalue weighted by atomic mass is 35.5. The monoisotopic (exact) mass is 343 g/mol. The van der Waals surface area contributed by atoms with Gasteiger partial charge in [-0.15, -0.1) is 0 Å². The predicted molar refractivity (Wildman–Crippen MR) is 96.3 cm³/mol. The summed E-state index contributed by atoms with van der Waals surface area (Å²) in [5.74, 6) is -1.02. The van der Waals surface area contributed by atoms with Crippen molar-refractivity contribution in [2.75, 3.05) is 19.0 Å². The Kier molecular flexibility index (Phi) is 4.20. The number of halogens is 1. The zero-order valence-electron chi connectivity index (χ0n) is 13.7. The molecule has 0 aliphatic rings. The topological polar surface area (TPSA) is 58.4 Å². The first-order chi connectivity index (χ1) is 11.4. The van der Waals surface area contributed by atoms with Gasteiger partial charge in [0.2, 0.25) is 0 Å². The van der Waals surface area contributed by atoms with E-state index in [1.54, 1.807) is 4.68 Å². The number of aromatic nitrogens is 2. The lowest BCUT2D eigenvalue weighted by molar-refractivity contribution is 0.0691. The first kappa shape index (κ1) is 16.3. The van der Waals surface area contributed by atoms with Gasteiger partial charge < -0.3 is 10.0 Å². The fraction of sp³-hybridized carbons (Fsp3) is 0.222. The summed E-state index contributed by atoms with van der Waals surface area (Å²) in [7, 11) is 3.90. The van der Waals surface area contributed by atoms with Crippen molar-refractivity contribution in [2.24, 2.45) is 0 Å². The number of anilines is 1. The van der Waals surface area contributed by atoms with Gasteiger partial charge in [-0.25, -0.2) is 4.79 Å². The van der Waals surface area contributed by atoms with Gasteiger partial charge in [-0.2, -0.15) is 5.10 Å². The Morgan fingerprint density at radius 2 is 2.00 bits per heavy atom. The van der Waals surface area contributed by atoms with Crippen molar-refractivity contribution >= 4 is 34.2 Å². The maximum atomic E-state index is 11.5. The van der Waals surface area contributed by atoms with Crippen LogP contribution in [0.5, 0.6) is 0 Å². The number of benzene rings is 2. The summed E-state index contributed by atoms with van der Waals surface area (Å²) in [4.78, 5) is 13.5. The van der Waals surface area contributed by atoms with Gasteiger partial charge in [0.05, 0.1) is 12.1 Å². The van der Waals surface area contributed by atoms with Crippen LogP contribution in [-0.4, -0.2) is 35.0 Å². The molecule has 0 unspecified atom stereocenters. The molecular weight excluding hydrogens is 326 g/mol. The minimum absolute atomic E-state index is 0.0712. The van der Waals surface area contributed by atoms with Gasteiger partial charge in [0.1, 0.15) is 0 Å². The number of hydrogen-bond donors (Lipinski definition) is 1. The quantitative estimate of drug-likeness (QED) is 0.782. The number of rotatable bonds is 4. The summed E-state index contributed by atoms with van der Waals surface area (Å²) in [5.41, 5.74) is 3.96. The second-order valence-electron chi connectivity index (χ2n) is 5.98. The van der Waals surface area contributed by atoms with Crippen LogP contribution >= 0.6 is 11.6 Å². The molecule has 124 valence electrons. The predicted octanol–water partition coefficient (Wildman–Crippen LogP) is 3.81. The molecular formula is C18H18ClN3O2. The standard InChI is InChI=1S/C18H18ClN3O2/c1-11-8-13(19)5-4-12(11)10-22-16-9-14(21(2)3)6-7-15(16)17(20-22)18(23)24/h4-9H,10H2,1-3H3,(H,23,24). The van der Waals surface area contributed by atoms with Crippen LogP contribution in [0.25, 0.3) is 10.9 Å². The van der Waals surface area contributed by atoms with Crippen LogP contribution in [0, 0.1) is 6.92 Å². The number of aryl methyl sites for hydroxylation is 1. The normalized spacial score (nSPS) is 11.0. The van der Waals surface area contributed by atoms with Gasteiger partial charge in [-0.1, -0.05) is 17.7 Å². The molecule has 0 radical (unpaired) electrons. The molecule has 0 bridgehead atoms. The van der Waals surface area contributed by atoms with E-state index >= 15 is 0 Å². The molecule has 24 heavy (non-hydrogen) atoms. The molecule has 1 aromatic heterocycles. The van der Waals surface area contributed by atoms with Crippen LogP contribution in [0.2, 0.25) is 5.02 Å². The molecule has 0 fully saturated rings. The third-order valence-corrected chi connectivity index (χ3v) is 4.31. The number of carbonyl (C=O) groups is 1. The van der Waals surface area contributed by atoms with Crippen LogP contribution in [0.4, 0.5) is 5.69 Å². The Labute approximate surface area is 145 Å². The van der Waals surface area contributed by atoms with Gasteiger partial charge in [-0.3, -0.25) is 4.68 Å². The SMILES string of the molecule is Cc1cc(Cl)ccc1Cn1nc(C(=O)O)c2ccc(N(C)C)cc21. The van der Waals surface area contributed by atoms with Gasteiger partial charge in [0.25, 0.3) is 0 Å². The summed E-state index contributed by atoms with van der Waals surface area (Å²) in [5, 5.41) is 15.1. The summed E-state index contributed by atoms with van der Waals surface area (Å²) in [6.07, 6.45) is 0. The Morgan fingerprint density at radius 3 is 2.62 bits per heavy atom. The summed E-state index contributed by atoms with van der Waals surface area (Å²) in [6, 6.07) is 11.3. The Bertz CT molecular complexity index is 931. The first-order valence-corrected chi connectivity index (χ1v) is 7.91. The van der Waals surface area contributed by atoms with Crippen LogP contribution in [0.1, 0.15) is 21.6 Å². The van der Waals surface area contributed by atoms with Crippen LogP contribution in [-0.2, 0) is 6.54 Å². The van der Waals surface area contributed by atoms with Crippen molar-refractivity contribution in [3.8, 4) is 0 Å². The zero-order chi connectivity index (χ0) is 17.4. The fourth-order valence-electron chi connectivity index (χ4n) is 2.72. The molecule has 0 aliphatic carbocycles. The number of carboxylic acid groups (broad SMARTS) is 1. The third kappa shape index (κ3) is 2.95. The van der Waals surface area contributed by atoms with E-state index in [1.807, 2.05) is 62.3 Å². The van der Waals surface area contributed by atoms with Crippen molar-refractivity contribution in [1.82, 2.24) is 9.78 Å². The lowest BCUT2D eigenvalue weighted by Crippen LogP contribution is -2.09. The van der Waals surface area contributed by atoms with Gasteiger partial charge in [-0.05, 0) is 48.4 Å². The second-order valence-corrected chi connectivity index (χ2v) is 6.41. The Morgan fingerprint density at radius 1 is 1.25 bits per heavy atom. The number of hydrogen-bond acceptors (Lipinski definition) is 3.